The molecule has 0 aliphatic rings. The third kappa shape index (κ3) is 4.53. The highest BCUT2D eigenvalue weighted by atomic mass is 16.5. The lowest BCUT2D eigenvalue weighted by atomic mass is 10.3. The molecule has 0 atom stereocenters. The Labute approximate surface area is 117 Å². The van der Waals surface area contributed by atoms with E-state index in [1.807, 2.05) is 30.3 Å². The van der Waals surface area contributed by atoms with Crippen molar-refractivity contribution in [2.24, 2.45) is 0 Å². The molecule has 2 aromatic carbocycles. The molecule has 0 unspecified atom stereocenters. The molecule has 4 N–H and O–H groups in total. The molecule has 0 aliphatic heterocycles. The van der Waals surface area contributed by atoms with Crippen molar-refractivity contribution in [3.8, 4) is 5.75 Å². The molecule has 20 heavy (non-hydrogen) atoms. The van der Waals surface area contributed by atoms with E-state index in [4.69, 9.17) is 10.5 Å². The summed E-state index contributed by atoms with van der Waals surface area (Å²) in [6, 6.07) is 16.1. The Bertz CT molecular complexity index is 541. The maximum Gasteiger partial charge on any atom is 0.319 e. The van der Waals surface area contributed by atoms with Crippen molar-refractivity contribution < 1.29 is 9.53 Å². The molecule has 0 saturated carbocycles. The molecule has 0 aliphatic carbocycles. The van der Waals surface area contributed by atoms with E-state index in [2.05, 4.69) is 10.6 Å². The van der Waals surface area contributed by atoms with Gasteiger partial charge in [0.1, 0.15) is 12.4 Å². The standard InChI is InChI=1S/C15H17N3O2/c16-12-6-8-13(9-7-12)18-15(19)17-10-11-20-14-4-2-1-3-5-14/h1-9H,10-11,16H2,(H2,17,18,19). The number of carbonyl (C=O) groups is 1. The third-order valence-electron chi connectivity index (χ3n) is 2.57. The number of nitrogens with one attached hydrogen (secondary N) is 2. The minimum Gasteiger partial charge on any atom is -0.492 e. The van der Waals surface area contributed by atoms with Crippen LogP contribution in [-0.2, 0) is 0 Å². The zero-order valence-corrected chi connectivity index (χ0v) is 11.0. The number of para-hydroxylation sites is 1. The number of benzene rings is 2. The number of hydrogen-bond acceptors (Lipinski definition) is 3. The predicted octanol–water partition coefficient (Wildman–Crippen LogP) is 2.47. The van der Waals surface area contributed by atoms with Gasteiger partial charge < -0.3 is 21.1 Å². The molecular formula is C15H17N3O2. The first-order chi connectivity index (χ1) is 9.74. The average Bonchev–Trinajstić information content (AvgIpc) is 2.47. The molecule has 0 fully saturated rings. The summed E-state index contributed by atoms with van der Waals surface area (Å²) in [6.45, 7) is 0.842. The number of urea groups is 1. The number of carbonyl (C=O) groups excluding carboxylic acids is 1. The first-order valence-electron chi connectivity index (χ1n) is 6.32. The summed E-state index contributed by atoms with van der Waals surface area (Å²) >= 11 is 0. The van der Waals surface area contributed by atoms with Gasteiger partial charge in [0.05, 0.1) is 6.54 Å². The van der Waals surface area contributed by atoms with Crippen LogP contribution in [0.25, 0.3) is 0 Å². The van der Waals surface area contributed by atoms with Crippen LogP contribution in [0.4, 0.5) is 16.2 Å². The monoisotopic (exact) mass is 271 g/mol. The van der Waals surface area contributed by atoms with Crippen molar-refractivity contribution >= 4 is 17.4 Å². The largest absolute Gasteiger partial charge is 0.492 e. The summed E-state index contributed by atoms with van der Waals surface area (Å²) in [7, 11) is 0. The lowest BCUT2D eigenvalue weighted by Gasteiger charge is -2.09. The molecule has 2 amide bonds. The fourth-order valence-electron chi connectivity index (χ4n) is 1.59. The molecule has 0 heterocycles. The summed E-state index contributed by atoms with van der Waals surface area (Å²) in [5.41, 5.74) is 6.92. The highest BCUT2D eigenvalue weighted by molar-refractivity contribution is 5.89. The van der Waals surface area contributed by atoms with Crippen LogP contribution < -0.4 is 21.1 Å². The van der Waals surface area contributed by atoms with E-state index in [1.54, 1.807) is 24.3 Å². The van der Waals surface area contributed by atoms with E-state index in [-0.39, 0.29) is 6.03 Å². The Morgan fingerprint density at radius 1 is 1.05 bits per heavy atom. The Hall–Kier alpha value is -2.69. The SMILES string of the molecule is Nc1ccc(NC(=O)NCCOc2ccccc2)cc1. The van der Waals surface area contributed by atoms with Gasteiger partial charge in [-0.05, 0) is 36.4 Å². The summed E-state index contributed by atoms with van der Waals surface area (Å²) < 4.78 is 5.46. The quantitative estimate of drug-likeness (QED) is 0.577. The minimum absolute atomic E-state index is 0.272. The lowest BCUT2D eigenvalue weighted by Crippen LogP contribution is -2.32. The van der Waals surface area contributed by atoms with Crippen molar-refractivity contribution in [2.45, 2.75) is 0 Å². The Morgan fingerprint density at radius 2 is 1.75 bits per heavy atom. The normalized spacial score (nSPS) is 9.80. The maximum absolute atomic E-state index is 11.6. The van der Waals surface area contributed by atoms with Gasteiger partial charge in [-0.25, -0.2) is 4.79 Å². The number of anilines is 2. The highest BCUT2D eigenvalue weighted by Crippen LogP contribution is 2.10. The van der Waals surface area contributed by atoms with E-state index in [0.29, 0.717) is 24.5 Å². The molecule has 0 radical (unpaired) electrons. The van der Waals surface area contributed by atoms with Gasteiger partial charge in [-0.1, -0.05) is 18.2 Å². The van der Waals surface area contributed by atoms with Gasteiger partial charge in [-0.3, -0.25) is 0 Å². The predicted molar refractivity (Wildman–Crippen MR) is 79.8 cm³/mol. The third-order valence-corrected chi connectivity index (χ3v) is 2.57. The van der Waals surface area contributed by atoms with Crippen molar-refractivity contribution in [3.63, 3.8) is 0 Å². The zero-order chi connectivity index (χ0) is 14.2. The van der Waals surface area contributed by atoms with E-state index in [1.165, 1.54) is 0 Å². The number of nitrogen functional groups attached to an aromatic ring is 1. The van der Waals surface area contributed by atoms with Gasteiger partial charge in [0.2, 0.25) is 0 Å². The van der Waals surface area contributed by atoms with Crippen LogP contribution in [0.3, 0.4) is 0 Å². The van der Waals surface area contributed by atoms with E-state index in [0.717, 1.165) is 5.75 Å². The van der Waals surface area contributed by atoms with Gasteiger partial charge >= 0.3 is 6.03 Å². The number of amides is 2. The topological polar surface area (TPSA) is 76.4 Å². The average molecular weight is 271 g/mol. The van der Waals surface area contributed by atoms with Crippen molar-refractivity contribution in [2.75, 3.05) is 24.2 Å². The summed E-state index contributed by atoms with van der Waals surface area (Å²) in [5.74, 6) is 0.785. The Balaban J connectivity index is 1.66. The fraction of sp³-hybridized carbons (Fsp3) is 0.133. The molecule has 104 valence electrons. The van der Waals surface area contributed by atoms with Gasteiger partial charge in [-0.2, -0.15) is 0 Å². The second-order valence-corrected chi connectivity index (χ2v) is 4.16. The van der Waals surface area contributed by atoms with Crippen LogP contribution in [0.5, 0.6) is 5.75 Å². The molecule has 5 heteroatoms. The van der Waals surface area contributed by atoms with Crippen LogP contribution in [0.15, 0.2) is 54.6 Å². The zero-order valence-electron chi connectivity index (χ0n) is 11.0. The number of hydrogen-bond donors (Lipinski definition) is 3. The Morgan fingerprint density at radius 3 is 2.45 bits per heavy atom. The fourth-order valence-corrected chi connectivity index (χ4v) is 1.59. The van der Waals surface area contributed by atoms with Crippen LogP contribution >= 0.6 is 0 Å². The lowest BCUT2D eigenvalue weighted by molar-refractivity contribution is 0.247. The van der Waals surface area contributed by atoms with E-state index >= 15 is 0 Å². The van der Waals surface area contributed by atoms with Crippen LogP contribution in [-0.4, -0.2) is 19.2 Å². The molecule has 0 aromatic heterocycles. The maximum atomic E-state index is 11.6. The second kappa shape index (κ2) is 7.04. The van der Waals surface area contributed by atoms with Gasteiger partial charge in [0, 0.05) is 11.4 Å². The number of nitrogens with two attached hydrogens (primary N) is 1. The molecule has 0 spiro atoms. The first-order valence-corrected chi connectivity index (χ1v) is 6.32. The second-order valence-electron chi connectivity index (χ2n) is 4.16. The molecule has 2 aromatic rings. The summed E-state index contributed by atoms with van der Waals surface area (Å²) in [4.78, 5) is 11.6. The molecule has 0 bridgehead atoms. The van der Waals surface area contributed by atoms with Gasteiger partial charge in [-0.15, -0.1) is 0 Å². The minimum atomic E-state index is -0.272. The van der Waals surface area contributed by atoms with Crippen molar-refractivity contribution in [1.82, 2.24) is 5.32 Å². The van der Waals surface area contributed by atoms with Gasteiger partial charge in [0.25, 0.3) is 0 Å². The van der Waals surface area contributed by atoms with Crippen molar-refractivity contribution in [1.29, 1.82) is 0 Å². The Kier molecular flexibility index (Phi) is 4.83. The van der Waals surface area contributed by atoms with Crippen LogP contribution in [0.2, 0.25) is 0 Å². The molecular weight excluding hydrogens is 254 g/mol. The summed E-state index contributed by atoms with van der Waals surface area (Å²) in [5, 5.41) is 5.42. The highest BCUT2D eigenvalue weighted by Gasteiger charge is 2.00. The van der Waals surface area contributed by atoms with Gasteiger partial charge in [0.15, 0.2) is 0 Å². The van der Waals surface area contributed by atoms with Crippen LogP contribution in [0.1, 0.15) is 0 Å². The number of rotatable bonds is 5. The first kappa shape index (κ1) is 13.7. The molecule has 5 nitrogen and oxygen atoms in total. The smallest absolute Gasteiger partial charge is 0.319 e. The summed E-state index contributed by atoms with van der Waals surface area (Å²) in [6.07, 6.45) is 0. The van der Waals surface area contributed by atoms with Crippen LogP contribution in [0, 0.1) is 0 Å². The molecule has 0 saturated heterocycles. The molecule has 2 rings (SSSR count). The van der Waals surface area contributed by atoms with Crippen molar-refractivity contribution in [3.05, 3.63) is 54.6 Å². The van der Waals surface area contributed by atoms with E-state index < -0.39 is 0 Å². The number of ether oxygens (including phenoxy) is 1. The van der Waals surface area contributed by atoms with E-state index in [9.17, 15) is 4.79 Å².